The third kappa shape index (κ3) is 4.17. The zero-order chi connectivity index (χ0) is 22.9. The Morgan fingerprint density at radius 2 is 1.67 bits per heavy atom. The monoisotopic (exact) mass is 505 g/mol. The van der Waals surface area contributed by atoms with Crippen molar-refractivity contribution >= 4 is 44.7 Å². The summed E-state index contributed by atoms with van der Waals surface area (Å²) in [4.78, 5) is 45.0. The summed E-state index contributed by atoms with van der Waals surface area (Å²) in [5, 5.41) is 0. The SMILES string of the molecule is NC(=O)c1cccc2[nH]c(-c3ccc(C(=O)N4CCN(c5ncc(Br)cn5)CC4)cc3)nc12. The Morgan fingerprint density at radius 3 is 2.33 bits per heavy atom. The van der Waals surface area contributed by atoms with Crippen molar-refractivity contribution in [1.82, 2.24) is 24.8 Å². The number of fused-ring (bicyclic) bond motifs is 1. The van der Waals surface area contributed by atoms with Crippen LogP contribution in [0.2, 0.25) is 0 Å². The molecule has 0 spiro atoms. The van der Waals surface area contributed by atoms with Gasteiger partial charge in [-0.05, 0) is 40.2 Å². The minimum Gasteiger partial charge on any atom is -0.366 e. The van der Waals surface area contributed by atoms with Crippen molar-refractivity contribution in [3.8, 4) is 11.4 Å². The van der Waals surface area contributed by atoms with Gasteiger partial charge in [0.1, 0.15) is 11.3 Å². The van der Waals surface area contributed by atoms with E-state index in [9.17, 15) is 9.59 Å². The van der Waals surface area contributed by atoms with E-state index in [-0.39, 0.29) is 5.91 Å². The molecule has 2 aromatic heterocycles. The molecule has 0 radical (unpaired) electrons. The quantitative estimate of drug-likeness (QED) is 0.439. The van der Waals surface area contributed by atoms with Crippen molar-refractivity contribution in [3.63, 3.8) is 0 Å². The number of nitrogens with two attached hydrogens (primary N) is 1. The highest BCUT2D eigenvalue weighted by atomic mass is 79.9. The number of primary amides is 1. The number of hydrogen-bond donors (Lipinski definition) is 2. The highest BCUT2D eigenvalue weighted by Gasteiger charge is 2.23. The maximum absolute atomic E-state index is 13.0. The van der Waals surface area contributed by atoms with Crippen LogP contribution in [0.15, 0.2) is 59.3 Å². The van der Waals surface area contributed by atoms with Gasteiger partial charge in [0.2, 0.25) is 5.95 Å². The lowest BCUT2D eigenvalue weighted by Gasteiger charge is -2.34. The number of para-hydroxylation sites is 1. The van der Waals surface area contributed by atoms with E-state index in [0.29, 0.717) is 54.6 Å². The smallest absolute Gasteiger partial charge is 0.253 e. The topological polar surface area (TPSA) is 121 Å². The van der Waals surface area contributed by atoms with Gasteiger partial charge in [0.15, 0.2) is 0 Å². The number of aromatic amines is 1. The second-order valence-electron chi connectivity index (χ2n) is 7.71. The van der Waals surface area contributed by atoms with Crippen LogP contribution in [-0.2, 0) is 0 Å². The summed E-state index contributed by atoms with van der Waals surface area (Å²) in [5.41, 5.74) is 8.52. The number of benzene rings is 2. The van der Waals surface area contributed by atoms with Crippen molar-refractivity contribution in [2.45, 2.75) is 0 Å². The molecular formula is C23H20BrN7O2. The lowest BCUT2D eigenvalue weighted by atomic mass is 10.1. The largest absolute Gasteiger partial charge is 0.366 e. The summed E-state index contributed by atoms with van der Waals surface area (Å²) in [6, 6.07) is 12.5. The molecule has 2 amide bonds. The molecule has 33 heavy (non-hydrogen) atoms. The Kier molecular flexibility index (Phi) is 5.51. The summed E-state index contributed by atoms with van der Waals surface area (Å²) in [6.45, 7) is 2.54. The normalized spacial score (nSPS) is 14.0. The predicted molar refractivity (Wildman–Crippen MR) is 128 cm³/mol. The third-order valence-electron chi connectivity index (χ3n) is 5.64. The van der Waals surface area contributed by atoms with Gasteiger partial charge in [0.05, 0.1) is 15.6 Å². The zero-order valence-electron chi connectivity index (χ0n) is 17.5. The first kappa shape index (κ1) is 21.1. The van der Waals surface area contributed by atoms with E-state index in [4.69, 9.17) is 5.73 Å². The Morgan fingerprint density at radius 1 is 0.970 bits per heavy atom. The summed E-state index contributed by atoms with van der Waals surface area (Å²) < 4.78 is 0.833. The molecule has 0 atom stereocenters. The van der Waals surface area contributed by atoms with Crippen LogP contribution < -0.4 is 10.6 Å². The molecule has 0 bridgehead atoms. The van der Waals surface area contributed by atoms with Crippen LogP contribution >= 0.6 is 15.9 Å². The van der Waals surface area contributed by atoms with Crippen LogP contribution in [0.25, 0.3) is 22.4 Å². The minimum atomic E-state index is -0.522. The van der Waals surface area contributed by atoms with Crippen LogP contribution in [0.4, 0.5) is 5.95 Å². The first-order valence-corrected chi connectivity index (χ1v) is 11.2. The Labute approximate surface area is 197 Å². The van der Waals surface area contributed by atoms with Crippen molar-refractivity contribution < 1.29 is 9.59 Å². The molecule has 1 fully saturated rings. The molecule has 4 aromatic rings. The first-order chi connectivity index (χ1) is 16.0. The summed E-state index contributed by atoms with van der Waals surface area (Å²) in [6.07, 6.45) is 3.44. The first-order valence-electron chi connectivity index (χ1n) is 10.4. The van der Waals surface area contributed by atoms with Gasteiger partial charge in [-0.25, -0.2) is 15.0 Å². The Hall–Kier alpha value is -3.79. The highest BCUT2D eigenvalue weighted by molar-refractivity contribution is 9.10. The number of anilines is 1. The number of halogens is 1. The molecule has 1 aliphatic rings. The van der Waals surface area contributed by atoms with Gasteiger partial charge in [0.25, 0.3) is 11.8 Å². The van der Waals surface area contributed by atoms with Crippen molar-refractivity contribution in [1.29, 1.82) is 0 Å². The van der Waals surface area contributed by atoms with Crippen molar-refractivity contribution in [2.24, 2.45) is 5.73 Å². The number of amides is 2. The van der Waals surface area contributed by atoms with Gasteiger partial charge in [-0.2, -0.15) is 0 Å². The highest BCUT2D eigenvalue weighted by Crippen LogP contribution is 2.24. The molecule has 2 aromatic carbocycles. The van der Waals surface area contributed by atoms with Gasteiger partial charge in [-0.15, -0.1) is 0 Å². The number of carbonyl (C=O) groups excluding carboxylic acids is 2. The fourth-order valence-electron chi connectivity index (χ4n) is 3.90. The van der Waals surface area contributed by atoms with Gasteiger partial charge in [0, 0.05) is 49.7 Å². The molecule has 3 heterocycles. The molecular weight excluding hydrogens is 486 g/mol. The number of imidazole rings is 1. The number of nitrogens with one attached hydrogen (secondary N) is 1. The minimum absolute atomic E-state index is 0.0152. The second kappa shape index (κ2) is 8.62. The molecule has 10 heteroatoms. The molecule has 1 saturated heterocycles. The van der Waals surface area contributed by atoms with E-state index in [2.05, 4.69) is 40.8 Å². The fourth-order valence-corrected chi connectivity index (χ4v) is 4.10. The van der Waals surface area contributed by atoms with E-state index in [1.54, 1.807) is 36.7 Å². The molecule has 1 aliphatic heterocycles. The number of nitrogens with zero attached hydrogens (tertiary/aromatic N) is 5. The Bertz CT molecular complexity index is 1330. The van der Waals surface area contributed by atoms with Gasteiger partial charge >= 0.3 is 0 Å². The fraction of sp³-hybridized carbons (Fsp3) is 0.174. The molecule has 0 saturated carbocycles. The Balaban J connectivity index is 1.28. The van der Waals surface area contributed by atoms with Crippen molar-refractivity contribution in [3.05, 3.63) is 70.5 Å². The van der Waals surface area contributed by atoms with E-state index in [1.807, 2.05) is 23.1 Å². The van der Waals surface area contributed by atoms with E-state index in [0.717, 1.165) is 15.6 Å². The van der Waals surface area contributed by atoms with E-state index >= 15 is 0 Å². The zero-order valence-corrected chi connectivity index (χ0v) is 19.1. The van der Waals surface area contributed by atoms with E-state index in [1.165, 1.54) is 0 Å². The molecule has 0 unspecified atom stereocenters. The summed E-state index contributed by atoms with van der Waals surface area (Å²) in [7, 11) is 0. The van der Waals surface area contributed by atoms with Crippen LogP contribution in [0, 0.1) is 0 Å². The van der Waals surface area contributed by atoms with Crippen LogP contribution in [0.1, 0.15) is 20.7 Å². The van der Waals surface area contributed by atoms with Crippen LogP contribution in [0.5, 0.6) is 0 Å². The average Bonchev–Trinajstić information content (AvgIpc) is 3.29. The summed E-state index contributed by atoms with van der Waals surface area (Å²) >= 11 is 3.34. The molecule has 9 nitrogen and oxygen atoms in total. The maximum Gasteiger partial charge on any atom is 0.253 e. The lowest BCUT2D eigenvalue weighted by Crippen LogP contribution is -2.49. The van der Waals surface area contributed by atoms with Crippen LogP contribution in [-0.4, -0.2) is 62.8 Å². The van der Waals surface area contributed by atoms with Gasteiger partial charge < -0.3 is 20.5 Å². The predicted octanol–water partition coefficient (Wildman–Crippen LogP) is 2.84. The standard InChI is InChI=1S/C23H20BrN7O2/c24-16-12-26-23(27-13-16)31-10-8-30(9-11-31)22(33)15-6-4-14(5-7-15)21-28-18-3-1-2-17(20(25)32)19(18)29-21/h1-7,12-13H,8-11H2,(H2,25,32)(H,28,29). The average molecular weight is 506 g/mol. The maximum atomic E-state index is 13.0. The third-order valence-corrected chi connectivity index (χ3v) is 6.05. The molecule has 3 N–H and O–H groups in total. The van der Waals surface area contributed by atoms with Gasteiger partial charge in [-0.3, -0.25) is 9.59 Å². The van der Waals surface area contributed by atoms with E-state index < -0.39 is 5.91 Å². The molecule has 5 rings (SSSR count). The number of H-pyrrole nitrogens is 1. The number of hydrogen-bond acceptors (Lipinski definition) is 6. The number of carbonyl (C=O) groups is 2. The number of rotatable bonds is 4. The van der Waals surface area contributed by atoms with Gasteiger partial charge in [-0.1, -0.05) is 18.2 Å². The summed E-state index contributed by atoms with van der Waals surface area (Å²) in [5.74, 6) is 0.741. The second-order valence-corrected chi connectivity index (χ2v) is 8.62. The lowest BCUT2D eigenvalue weighted by molar-refractivity contribution is 0.0746. The molecule has 166 valence electrons. The van der Waals surface area contributed by atoms with Crippen LogP contribution in [0.3, 0.4) is 0 Å². The van der Waals surface area contributed by atoms with Crippen molar-refractivity contribution in [2.75, 3.05) is 31.1 Å². The number of aromatic nitrogens is 4. The molecule has 0 aliphatic carbocycles. The number of piperazine rings is 1.